The molecule has 3 heteroatoms. The number of hydrogen-bond acceptors (Lipinski definition) is 3. The fourth-order valence-corrected chi connectivity index (χ4v) is 2.98. The van der Waals surface area contributed by atoms with Crippen molar-refractivity contribution in [3.05, 3.63) is 35.4 Å². The molecule has 0 aliphatic carbocycles. The Labute approximate surface area is 116 Å². The summed E-state index contributed by atoms with van der Waals surface area (Å²) < 4.78 is 5.74. The van der Waals surface area contributed by atoms with Gasteiger partial charge in [0.1, 0.15) is 0 Å². The maximum Gasteiger partial charge on any atom is 0.0674 e. The van der Waals surface area contributed by atoms with Crippen molar-refractivity contribution in [2.75, 3.05) is 19.7 Å². The highest BCUT2D eigenvalue weighted by Crippen LogP contribution is 2.26. The second-order valence-electron chi connectivity index (χ2n) is 5.75. The van der Waals surface area contributed by atoms with Gasteiger partial charge in [0.15, 0.2) is 0 Å². The van der Waals surface area contributed by atoms with Crippen LogP contribution in [-0.4, -0.2) is 36.7 Å². The summed E-state index contributed by atoms with van der Waals surface area (Å²) in [6, 6.07) is 9.10. The van der Waals surface area contributed by atoms with E-state index in [2.05, 4.69) is 49.9 Å². The van der Waals surface area contributed by atoms with Gasteiger partial charge in [-0.2, -0.15) is 0 Å². The Hall–Kier alpha value is -0.900. The van der Waals surface area contributed by atoms with Gasteiger partial charge in [0.2, 0.25) is 0 Å². The van der Waals surface area contributed by atoms with Crippen LogP contribution < -0.4 is 5.73 Å². The Morgan fingerprint density at radius 2 is 2.21 bits per heavy atom. The molecule has 106 valence electrons. The molecule has 2 rings (SSSR count). The normalized spacial score (nSPS) is 24.7. The topological polar surface area (TPSA) is 38.5 Å². The maximum absolute atomic E-state index is 6.26. The van der Waals surface area contributed by atoms with Gasteiger partial charge in [-0.15, -0.1) is 0 Å². The van der Waals surface area contributed by atoms with E-state index in [-0.39, 0.29) is 18.2 Å². The molecule has 1 saturated heterocycles. The molecule has 2 N–H and O–H groups in total. The quantitative estimate of drug-likeness (QED) is 0.909. The van der Waals surface area contributed by atoms with Crippen molar-refractivity contribution in [2.45, 2.75) is 45.4 Å². The van der Waals surface area contributed by atoms with E-state index in [1.54, 1.807) is 0 Å². The standard InChI is InChI=1S/C16H26N2O/c1-12-6-4-7-15(10-12)16(14(3)17)18-8-5-9-19-13(2)11-18/h4,6-7,10,13-14,16H,5,8-9,11,17H2,1-3H3. The van der Waals surface area contributed by atoms with Crippen LogP contribution in [-0.2, 0) is 4.74 Å². The number of ether oxygens (including phenoxy) is 1. The summed E-state index contributed by atoms with van der Waals surface area (Å²) in [5.41, 5.74) is 8.88. The van der Waals surface area contributed by atoms with Gasteiger partial charge >= 0.3 is 0 Å². The zero-order valence-corrected chi connectivity index (χ0v) is 12.3. The average molecular weight is 262 g/mol. The minimum absolute atomic E-state index is 0.118. The maximum atomic E-state index is 6.26. The largest absolute Gasteiger partial charge is 0.377 e. The van der Waals surface area contributed by atoms with Crippen LogP contribution in [0.4, 0.5) is 0 Å². The van der Waals surface area contributed by atoms with Crippen LogP contribution in [0, 0.1) is 6.92 Å². The molecule has 0 aromatic heterocycles. The Bertz CT molecular complexity index is 405. The van der Waals surface area contributed by atoms with Gasteiger partial charge in [-0.05, 0) is 32.8 Å². The third-order valence-electron chi connectivity index (χ3n) is 3.76. The smallest absolute Gasteiger partial charge is 0.0674 e. The van der Waals surface area contributed by atoms with E-state index >= 15 is 0 Å². The summed E-state index contributed by atoms with van der Waals surface area (Å²) in [4.78, 5) is 2.48. The highest BCUT2D eigenvalue weighted by molar-refractivity contribution is 5.26. The van der Waals surface area contributed by atoms with Gasteiger partial charge < -0.3 is 10.5 Å². The lowest BCUT2D eigenvalue weighted by atomic mass is 9.97. The van der Waals surface area contributed by atoms with Gasteiger partial charge in [0.05, 0.1) is 6.10 Å². The molecule has 0 spiro atoms. The van der Waals surface area contributed by atoms with Gasteiger partial charge in [-0.1, -0.05) is 29.8 Å². The molecule has 1 aromatic carbocycles. The Morgan fingerprint density at radius 1 is 1.42 bits per heavy atom. The summed E-state index contributed by atoms with van der Waals surface area (Å²) in [6.45, 7) is 9.26. The first kappa shape index (κ1) is 14.5. The molecule has 1 aromatic rings. The van der Waals surface area contributed by atoms with Crippen LogP contribution in [0.2, 0.25) is 0 Å². The van der Waals surface area contributed by atoms with Crippen LogP contribution >= 0.6 is 0 Å². The summed E-state index contributed by atoms with van der Waals surface area (Å²) in [5.74, 6) is 0. The number of rotatable bonds is 3. The van der Waals surface area contributed by atoms with Crippen molar-refractivity contribution in [1.29, 1.82) is 0 Å². The van der Waals surface area contributed by atoms with Crippen molar-refractivity contribution in [3.8, 4) is 0 Å². The minimum Gasteiger partial charge on any atom is -0.377 e. The van der Waals surface area contributed by atoms with E-state index in [0.29, 0.717) is 0 Å². The van der Waals surface area contributed by atoms with Crippen LogP contribution in [0.5, 0.6) is 0 Å². The van der Waals surface area contributed by atoms with E-state index in [0.717, 1.165) is 26.1 Å². The Balaban J connectivity index is 2.24. The summed E-state index contributed by atoms with van der Waals surface area (Å²) in [5, 5.41) is 0. The minimum atomic E-state index is 0.118. The number of nitrogens with two attached hydrogens (primary N) is 1. The van der Waals surface area contributed by atoms with Gasteiger partial charge in [0.25, 0.3) is 0 Å². The average Bonchev–Trinajstić information content (AvgIpc) is 2.54. The SMILES string of the molecule is Cc1cccc(C(C(C)N)N2CCCOC(C)C2)c1. The van der Waals surface area contributed by atoms with E-state index in [1.807, 2.05) is 0 Å². The summed E-state index contributed by atoms with van der Waals surface area (Å²) in [6.07, 6.45) is 1.37. The molecular formula is C16H26N2O. The molecule has 3 atom stereocenters. The van der Waals surface area contributed by atoms with Gasteiger partial charge in [0, 0.05) is 31.8 Å². The molecule has 3 nitrogen and oxygen atoms in total. The second-order valence-corrected chi connectivity index (χ2v) is 5.75. The molecule has 3 unspecified atom stereocenters. The molecule has 0 radical (unpaired) electrons. The zero-order chi connectivity index (χ0) is 13.8. The number of nitrogens with zero attached hydrogens (tertiary/aromatic N) is 1. The zero-order valence-electron chi connectivity index (χ0n) is 12.3. The van der Waals surface area contributed by atoms with Gasteiger partial charge in [-0.3, -0.25) is 4.90 Å². The van der Waals surface area contributed by atoms with Crippen LogP contribution in [0.3, 0.4) is 0 Å². The highest BCUT2D eigenvalue weighted by atomic mass is 16.5. The fraction of sp³-hybridized carbons (Fsp3) is 0.625. The molecule has 1 heterocycles. The monoisotopic (exact) mass is 262 g/mol. The Kier molecular flexibility index (Phi) is 4.97. The molecule has 19 heavy (non-hydrogen) atoms. The van der Waals surface area contributed by atoms with E-state index in [9.17, 15) is 0 Å². The van der Waals surface area contributed by atoms with Gasteiger partial charge in [-0.25, -0.2) is 0 Å². The predicted molar refractivity (Wildman–Crippen MR) is 79.2 cm³/mol. The highest BCUT2D eigenvalue weighted by Gasteiger charge is 2.26. The molecule has 1 aliphatic rings. The first-order valence-corrected chi connectivity index (χ1v) is 7.25. The first-order chi connectivity index (χ1) is 9.08. The predicted octanol–water partition coefficient (Wildman–Crippen LogP) is 2.49. The molecular weight excluding hydrogens is 236 g/mol. The second kappa shape index (κ2) is 6.51. The van der Waals surface area contributed by atoms with E-state index in [4.69, 9.17) is 10.5 Å². The third kappa shape index (κ3) is 3.78. The van der Waals surface area contributed by atoms with Crippen LogP contribution in [0.25, 0.3) is 0 Å². The van der Waals surface area contributed by atoms with Crippen molar-refractivity contribution in [1.82, 2.24) is 4.90 Å². The molecule has 0 amide bonds. The van der Waals surface area contributed by atoms with Crippen molar-refractivity contribution < 1.29 is 4.74 Å². The molecule has 1 fully saturated rings. The molecule has 1 aliphatic heterocycles. The Morgan fingerprint density at radius 3 is 2.89 bits per heavy atom. The lowest BCUT2D eigenvalue weighted by Gasteiger charge is -2.34. The third-order valence-corrected chi connectivity index (χ3v) is 3.76. The van der Waals surface area contributed by atoms with E-state index < -0.39 is 0 Å². The number of aryl methyl sites for hydroxylation is 1. The van der Waals surface area contributed by atoms with Crippen molar-refractivity contribution in [2.24, 2.45) is 5.73 Å². The van der Waals surface area contributed by atoms with Crippen molar-refractivity contribution in [3.63, 3.8) is 0 Å². The molecule has 0 saturated carbocycles. The summed E-state index contributed by atoms with van der Waals surface area (Å²) in [7, 11) is 0. The van der Waals surface area contributed by atoms with E-state index in [1.165, 1.54) is 11.1 Å². The lowest BCUT2D eigenvalue weighted by Crippen LogP contribution is -2.42. The number of hydrogen-bond donors (Lipinski definition) is 1. The fourth-order valence-electron chi connectivity index (χ4n) is 2.98. The lowest BCUT2D eigenvalue weighted by molar-refractivity contribution is 0.0583. The molecule has 0 bridgehead atoms. The van der Waals surface area contributed by atoms with Crippen LogP contribution in [0.1, 0.15) is 37.4 Å². The summed E-state index contributed by atoms with van der Waals surface area (Å²) >= 11 is 0. The first-order valence-electron chi connectivity index (χ1n) is 7.25. The van der Waals surface area contributed by atoms with Crippen LogP contribution in [0.15, 0.2) is 24.3 Å². The number of benzene rings is 1. The van der Waals surface area contributed by atoms with Crippen molar-refractivity contribution >= 4 is 0 Å².